The second-order valence-electron chi connectivity index (χ2n) is 5.64. The van der Waals surface area contributed by atoms with Gasteiger partial charge in [0.2, 0.25) is 5.91 Å². The molecule has 2 saturated heterocycles. The maximum absolute atomic E-state index is 12.1. The zero-order valence-corrected chi connectivity index (χ0v) is 12.3. The third-order valence-electron chi connectivity index (χ3n) is 4.30. The SMILES string of the molecule is CCC(C)NC(=O)C(C)N1CCC2(CC1)OCCO2. The smallest absolute Gasteiger partial charge is 0.237 e. The number of rotatable bonds is 4. The van der Waals surface area contributed by atoms with E-state index < -0.39 is 0 Å². The summed E-state index contributed by atoms with van der Waals surface area (Å²) < 4.78 is 11.4. The number of likely N-dealkylation sites (tertiary alicyclic amines) is 1. The normalized spacial score (nSPS) is 26.3. The number of ether oxygens (including phenoxy) is 2. The van der Waals surface area contributed by atoms with Gasteiger partial charge in [-0.05, 0) is 20.3 Å². The van der Waals surface area contributed by atoms with Gasteiger partial charge in [0.15, 0.2) is 5.79 Å². The van der Waals surface area contributed by atoms with Crippen LogP contribution < -0.4 is 5.32 Å². The van der Waals surface area contributed by atoms with Crippen molar-refractivity contribution < 1.29 is 14.3 Å². The molecule has 0 bridgehead atoms. The van der Waals surface area contributed by atoms with Crippen LogP contribution in [-0.2, 0) is 14.3 Å². The molecule has 0 aromatic carbocycles. The Hall–Kier alpha value is -0.650. The van der Waals surface area contributed by atoms with Crippen LogP contribution in [0.25, 0.3) is 0 Å². The van der Waals surface area contributed by atoms with Crippen LogP contribution in [0.5, 0.6) is 0 Å². The summed E-state index contributed by atoms with van der Waals surface area (Å²) in [6.07, 6.45) is 2.67. The first-order chi connectivity index (χ1) is 9.06. The second-order valence-corrected chi connectivity index (χ2v) is 5.64. The van der Waals surface area contributed by atoms with E-state index in [0.717, 1.165) is 32.4 Å². The molecular weight excluding hydrogens is 244 g/mol. The van der Waals surface area contributed by atoms with Gasteiger partial charge in [-0.25, -0.2) is 0 Å². The minimum Gasteiger partial charge on any atom is -0.352 e. The lowest BCUT2D eigenvalue weighted by atomic mass is 10.0. The molecule has 2 heterocycles. The van der Waals surface area contributed by atoms with E-state index in [4.69, 9.17) is 9.47 Å². The van der Waals surface area contributed by atoms with E-state index in [0.29, 0.717) is 13.2 Å². The third kappa shape index (κ3) is 3.46. The Kier molecular flexibility index (Phi) is 4.81. The molecule has 110 valence electrons. The van der Waals surface area contributed by atoms with E-state index in [2.05, 4.69) is 17.1 Å². The number of nitrogens with one attached hydrogen (secondary N) is 1. The molecule has 1 N–H and O–H groups in total. The topological polar surface area (TPSA) is 50.8 Å². The van der Waals surface area contributed by atoms with E-state index in [1.165, 1.54) is 0 Å². The van der Waals surface area contributed by atoms with Gasteiger partial charge in [0, 0.05) is 32.0 Å². The molecule has 2 atom stereocenters. The molecule has 2 aliphatic rings. The van der Waals surface area contributed by atoms with Gasteiger partial charge < -0.3 is 14.8 Å². The number of amides is 1. The lowest BCUT2D eigenvalue weighted by molar-refractivity contribution is -0.188. The van der Waals surface area contributed by atoms with Gasteiger partial charge in [0.25, 0.3) is 0 Å². The Bertz CT molecular complexity index is 306. The highest BCUT2D eigenvalue weighted by molar-refractivity contribution is 5.81. The Morgan fingerprint density at radius 2 is 1.84 bits per heavy atom. The van der Waals surface area contributed by atoms with Crippen molar-refractivity contribution in [3.05, 3.63) is 0 Å². The number of piperidine rings is 1. The van der Waals surface area contributed by atoms with Crippen LogP contribution in [0.1, 0.15) is 40.0 Å². The van der Waals surface area contributed by atoms with Crippen LogP contribution in [0.2, 0.25) is 0 Å². The second kappa shape index (κ2) is 6.20. The average molecular weight is 270 g/mol. The van der Waals surface area contributed by atoms with Gasteiger partial charge >= 0.3 is 0 Å². The minimum absolute atomic E-state index is 0.0762. The molecular formula is C14H26N2O3. The van der Waals surface area contributed by atoms with Crippen LogP contribution >= 0.6 is 0 Å². The first-order valence-corrected chi connectivity index (χ1v) is 7.38. The van der Waals surface area contributed by atoms with Crippen molar-refractivity contribution in [2.75, 3.05) is 26.3 Å². The van der Waals surface area contributed by atoms with Gasteiger partial charge in [-0.15, -0.1) is 0 Å². The van der Waals surface area contributed by atoms with Crippen LogP contribution in [-0.4, -0.2) is 55.0 Å². The molecule has 2 unspecified atom stereocenters. The first-order valence-electron chi connectivity index (χ1n) is 7.38. The fourth-order valence-corrected chi connectivity index (χ4v) is 2.67. The molecule has 1 amide bonds. The van der Waals surface area contributed by atoms with Crippen molar-refractivity contribution in [1.29, 1.82) is 0 Å². The molecule has 0 saturated carbocycles. The van der Waals surface area contributed by atoms with E-state index >= 15 is 0 Å². The largest absolute Gasteiger partial charge is 0.352 e. The van der Waals surface area contributed by atoms with Gasteiger partial charge in [0.1, 0.15) is 0 Å². The monoisotopic (exact) mass is 270 g/mol. The fourth-order valence-electron chi connectivity index (χ4n) is 2.67. The molecule has 2 aliphatic heterocycles. The predicted octanol–water partition coefficient (Wildman–Crippen LogP) is 1.13. The molecule has 0 aliphatic carbocycles. The molecule has 19 heavy (non-hydrogen) atoms. The van der Waals surface area contributed by atoms with Crippen LogP contribution in [0, 0.1) is 0 Å². The third-order valence-corrected chi connectivity index (χ3v) is 4.30. The van der Waals surface area contributed by atoms with E-state index in [9.17, 15) is 4.79 Å². The number of carbonyl (C=O) groups excluding carboxylic acids is 1. The standard InChI is InChI=1S/C14H26N2O3/c1-4-11(2)15-13(17)12(3)16-7-5-14(6-8-16)18-9-10-19-14/h11-12H,4-10H2,1-3H3,(H,15,17). The molecule has 1 spiro atoms. The van der Waals surface area contributed by atoms with E-state index in [-0.39, 0.29) is 23.8 Å². The Balaban J connectivity index is 1.81. The highest BCUT2D eigenvalue weighted by Gasteiger charge is 2.41. The summed E-state index contributed by atoms with van der Waals surface area (Å²) in [6, 6.07) is 0.167. The van der Waals surface area contributed by atoms with Crippen molar-refractivity contribution in [1.82, 2.24) is 10.2 Å². The Morgan fingerprint density at radius 3 is 2.37 bits per heavy atom. The van der Waals surface area contributed by atoms with Crippen molar-refractivity contribution in [3.63, 3.8) is 0 Å². The van der Waals surface area contributed by atoms with Gasteiger partial charge in [-0.2, -0.15) is 0 Å². The quantitative estimate of drug-likeness (QED) is 0.832. The predicted molar refractivity (Wildman–Crippen MR) is 72.8 cm³/mol. The Morgan fingerprint density at radius 1 is 1.26 bits per heavy atom. The van der Waals surface area contributed by atoms with Crippen molar-refractivity contribution >= 4 is 5.91 Å². The number of carbonyl (C=O) groups is 1. The summed E-state index contributed by atoms with van der Waals surface area (Å²) in [7, 11) is 0. The minimum atomic E-state index is -0.358. The van der Waals surface area contributed by atoms with Crippen LogP contribution in [0.3, 0.4) is 0 Å². The fraction of sp³-hybridized carbons (Fsp3) is 0.929. The van der Waals surface area contributed by atoms with Crippen molar-refractivity contribution in [2.45, 2.75) is 57.9 Å². The molecule has 2 fully saturated rings. The lowest BCUT2D eigenvalue weighted by Gasteiger charge is -2.39. The number of nitrogens with zero attached hydrogens (tertiary/aromatic N) is 1. The van der Waals surface area contributed by atoms with Gasteiger partial charge in [0.05, 0.1) is 19.3 Å². The van der Waals surface area contributed by atoms with Crippen LogP contribution in [0.15, 0.2) is 0 Å². The lowest BCUT2D eigenvalue weighted by Crippen LogP contribution is -2.53. The molecule has 5 heteroatoms. The average Bonchev–Trinajstić information content (AvgIpc) is 2.87. The van der Waals surface area contributed by atoms with Gasteiger partial charge in [-0.3, -0.25) is 9.69 Å². The Labute approximate surface area is 115 Å². The molecule has 0 radical (unpaired) electrons. The summed E-state index contributed by atoms with van der Waals surface area (Å²) in [5, 5.41) is 3.04. The molecule has 0 aromatic heterocycles. The first kappa shape index (κ1) is 14.8. The van der Waals surface area contributed by atoms with Crippen LogP contribution in [0.4, 0.5) is 0 Å². The number of hydrogen-bond acceptors (Lipinski definition) is 4. The highest BCUT2D eigenvalue weighted by atomic mass is 16.7. The number of hydrogen-bond donors (Lipinski definition) is 1. The van der Waals surface area contributed by atoms with E-state index in [1.54, 1.807) is 0 Å². The summed E-state index contributed by atoms with van der Waals surface area (Å²) in [5.74, 6) is -0.234. The molecule has 2 rings (SSSR count). The van der Waals surface area contributed by atoms with Crippen molar-refractivity contribution in [2.24, 2.45) is 0 Å². The summed E-state index contributed by atoms with van der Waals surface area (Å²) in [6.45, 7) is 9.20. The van der Waals surface area contributed by atoms with Gasteiger partial charge in [-0.1, -0.05) is 6.92 Å². The maximum atomic E-state index is 12.1. The zero-order valence-electron chi connectivity index (χ0n) is 12.3. The summed E-state index contributed by atoms with van der Waals surface area (Å²) in [5.41, 5.74) is 0. The van der Waals surface area contributed by atoms with E-state index in [1.807, 2.05) is 13.8 Å². The molecule has 5 nitrogen and oxygen atoms in total. The summed E-state index contributed by atoms with van der Waals surface area (Å²) >= 11 is 0. The molecule has 0 aromatic rings. The highest BCUT2D eigenvalue weighted by Crippen LogP contribution is 2.31. The maximum Gasteiger partial charge on any atom is 0.237 e. The summed E-state index contributed by atoms with van der Waals surface area (Å²) in [4.78, 5) is 14.3. The van der Waals surface area contributed by atoms with Crippen molar-refractivity contribution in [3.8, 4) is 0 Å². The zero-order chi connectivity index (χ0) is 13.9.